The SMILES string of the molecule is FC(F)Oc1ccc(-c2ccccc2)cc1CNc1[c]cccc1. The molecule has 4 heteroatoms. The van der Waals surface area contributed by atoms with Crippen molar-refractivity contribution in [2.24, 2.45) is 0 Å². The van der Waals surface area contributed by atoms with Gasteiger partial charge in [0.05, 0.1) is 0 Å². The quantitative estimate of drug-likeness (QED) is 0.658. The Labute approximate surface area is 139 Å². The van der Waals surface area contributed by atoms with Crippen molar-refractivity contribution < 1.29 is 13.5 Å². The molecule has 3 rings (SSSR count). The van der Waals surface area contributed by atoms with Gasteiger partial charge in [0.25, 0.3) is 0 Å². The molecule has 1 N–H and O–H groups in total. The summed E-state index contributed by atoms with van der Waals surface area (Å²) in [5, 5.41) is 3.17. The molecule has 0 unspecified atom stereocenters. The maximum absolute atomic E-state index is 12.6. The number of hydrogen-bond acceptors (Lipinski definition) is 2. The maximum atomic E-state index is 12.6. The number of benzene rings is 3. The molecule has 3 aromatic rings. The average Bonchev–Trinajstić information content (AvgIpc) is 2.62. The first-order chi connectivity index (χ1) is 11.7. The van der Waals surface area contributed by atoms with Crippen LogP contribution in [0.2, 0.25) is 0 Å². The molecular weight excluding hydrogens is 308 g/mol. The lowest BCUT2D eigenvalue weighted by molar-refractivity contribution is -0.0503. The maximum Gasteiger partial charge on any atom is 0.387 e. The minimum Gasteiger partial charge on any atom is -0.434 e. The monoisotopic (exact) mass is 324 g/mol. The Morgan fingerprint density at radius 1 is 0.917 bits per heavy atom. The van der Waals surface area contributed by atoms with Gasteiger partial charge in [0.15, 0.2) is 0 Å². The molecule has 3 aromatic carbocycles. The van der Waals surface area contributed by atoms with E-state index in [1.54, 1.807) is 18.2 Å². The number of rotatable bonds is 6. The molecule has 0 atom stereocenters. The summed E-state index contributed by atoms with van der Waals surface area (Å²) in [4.78, 5) is 0. The second kappa shape index (κ2) is 7.59. The van der Waals surface area contributed by atoms with Crippen LogP contribution < -0.4 is 10.1 Å². The van der Waals surface area contributed by atoms with Crippen LogP contribution in [-0.4, -0.2) is 6.61 Å². The lowest BCUT2D eigenvalue weighted by Crippen LogP contribution is -2.07. The van der Waals surface area contributed by atoms with E-state index in [2.05, 4.69) is 16.1 Å². The van der Waals surface area contributed by atoms with Crippen molar-refractivity contribution in [2.45, 2.75) is 13.2 Å². The summed E-state index contributed by atoms with van der Waals surface area (Å²) in [6, 6.07) is 25.5. The van der Waals surface area contributed by atoms with Gasteiger partial charge in [-0.1, -0.05) is 54.6 Å². The molecule has 0 aliphatic carbocycles. The molecule has 121 valence electrons. The van der Waals surface area contributed by atoms with Crippen LogP contribution in [0.3, 0.4) is 0 Å². The molecule has 24 heavy (non-hydrogen) atoms. The average molecular weight is 324 g/mol. The van der Waals surface area contributed by atoms with Crippen molar-refractivity contribution in [1.82, 2.24) is 0 Å². The van der Waals surface area contributed by atoms with Gasteiger partial charge in [0.2, 0.25) is 0 Å². The summed E-state index contributed by atoms with van der Waals surface area (Å²) in [7, 11) is 0. The fourth-order valence-electron chi connectivity index (χ4n) is 2.43. The van der Waals surface area contributed by atoms with Crippen molar-refractivity contribution in [1.29, 1.82) is 0 Å². The van der Waals surface area contributed by atoms with Crippen molar-refractivity contribution in [3.8, 4) is 16.9 Å². The fourth-order valence-corrected chi connectivity index (χ4v) is 2.43. The van der Waals surface area contributed by atoms with Crippen LogP contribution in [-0.2, 0) is 6.54 Å². The van der Waals surface area contributed by atoms with E-state index in [1.807, 2.05) is 54.6 Å². The Kier molecular flexibility index (Phi) is 5.06. The molecule has 0 aliphatic rings. The zero-order chi connectivity index (χ0) is 16.8. The highest BCUT2D eigenvalue weighted by molar-refractivity contribution is 5.66. The number of halogens is 2. The largest absolute Gasteiger partial charge is 0.434 e. The summed E-state index contributed by atoms with van der Waals surface area (Å²) in [5.41, 5.74) is 3.43. The predicted octanol–water partition coefficient (Wildman–Crippen LogP) is 5.37. The van der Waals surface area contributed by atoms with Gasteiger partial charge >= 0.3 is 6.61 Å². The Balaban J connectivity index is 1.87. The van der Waals surface area contributed by atoms with Crippen molar-refractivity contribution >= 4 is 5.69 Å². The van der Waals surface area contributed by atoms with E-state index >= 15 is 0 Å². The number of nitrogens with one attached hydrogen (secondary N) is 1. The number of anilines is 1. The van der Waals surface area contributed by atoms with Crippen molar-refractivity contribution in [3.05, 3.63) is 84.4 Å². The lowest BCUT2D eigenvalue weighted by Gasteiger charge is -2.14. The zero-order valence-electron chi connectivity index (χ0n) is 12.9. The number of ether oxygens (including phenoxy) is 1. The van der Waals surface area contributed by atoms with Crippen LogP contribution in [0.1, 0.15) is 5.56 Å². The molecular formula is C20H16F2NO. The highest BCUT2D eigenvalue weighted by atomic mass is 19.3. The van der Waals surface area contributed by atoms with E-state index in [4.69, 9.17) is 0 Å². The van der Waals surface area contributed by atoms with Crippen LogP contribution in [0, 0.1) is 6.07 Å². The number of para-hydroxylation sites is 1. The van der Waals surface area contributed by atoms with Crippen LogP contribution in [0.25, 0.3) is 11.1 Å². The summed E-state index contributed by atoms with van der Waals surface area (Å²) in [6.45, 7) is -2.49. The summed E-state index contributed by atoms with van der Waals surface area (Å²) in [5.74, 6) is 0.174. The van der Waals surface area contributed by atoms with Crippen LogP contribution >= 0.6 is 0 Å². The molecule has 0 aliphatic heterocycles. The Morgan fingerprint density at radius 3 is 2.42 bits per heavy atom. The molecule has 0 heterocycles. The third-order valence-corrected chi connectivity index (χ3v) is 3.56. The first-order valence-corrected chi connectivity index (χ1v) is 7.56. The number of hydrogen-bond donors (Lipinski definition) is 1. The van der Waals surface area contributed by atoms with Crippen LogP contribution in [0.15, 0.2) is 72.8 Å². The summed E-state index contributed by atoms with van der Waals surface area (Å²) < 4.78 is 29.9. The molecule has 0 saturated carbocycles. The van der Waals surface area contributed by atoms with Gasteiger partial charge in [-0.3, -0.25) is 0 Å². The molecule has 0 fully saturated rings. The first-order valence-electron chi connectivity index (χ1n) is 7.56. The number of alkyl halides is 2. The minimum atomic E-state index is -2.85. The van der Waals surface area contributed by atoms with Gasteiger partial charge in [-0.05, 0) is 29.3 Å². The highest BCUT2D eigenvalue weighted by Gasteiger charge is 2.11. The van der Waals surface area contributed by atoms with E-state index in [-0.39, 0.29) is 5.75 Å². The normalized spacial score (nSPS) is 10.6. The third kappa shape index (κ3) is 4.10. The topological polar surface area (TPSA) is 21.3 Å². The van der Waals surface area contributed by atoms with E-state index in [0.29, 0.717) is 12.1 Å². The Bertz CT molecular complexity index is 776. The summed E-state index contributed by atoms with van der Waals surface area (Å²) in [6.07, 6.45) is 0. The molecule has 1 radical (unpaired) electrons. The second-order valence-electron chi connectivity index (χ2n) is 5.20. The van der Waals surface area contributed by atoms with Crippen molar-refractivity contribution in [2.75, 3.05) is 5.32 Å². The van der Waals surface area contributed by atoms with E-state index in [0.717, 1.165) is 16.8 Å². The first kappa shape index (κ1) is 16.0. The van der Waals surface area contributed by atoms with Crippen LogP contribution in [0.5, 0.6) is 5.75 Å². The summed E-state index contributed by atoms with van der Waals surface area (Å²) >= 11 is 0. The van der Waals surface area contributed by atoms with Gasteiger partial charge in [-0.2, -0.15) is 8.78 Å². The Morgan fingerprint density at radius 2 is 1.71 bits per heavy atom. The molecule has 2 nitrogen and oxygen atoms in total. The lowest BCUT2D eigenvalue weighted by atomic mass is 10.0. The van der Waals surface area contributed by atoms with Gasteiger partial charge in [0, 0.05) is 23.9 Å². The Hall–Kier alpha value is -2.88. The van der Waals surface area contributed by atoms with E-state index < -0.39 is 6.61 Å². The molecule has 0 aromatic heterocycles. The van der Waals surface area contributed by atoms with Gasteiger partial charge < -0.3 is 10.1 Å². The van der Waals surface area contributed by atoms with Gasteiger partial charge in [0.1, 0.15) is 5.75 Å². The third-order valence-electron chi connectivity index (χ3n) is 3.56. The fraction of sp³-hybridized carbons (Fsp3) is 0.100. The molecule has 0 saturated heterocycles. The van der Waals surface area contributed by atoms with Crippen molar-refractivity contribution in [3.63, 3.8) is 0 Å². The standard InChI is InChI=1S/C20H16F2NO/c21-20(22)24-19-12-11-16(15-7-3-1-4-8-15)13-17(19)14-23-18-9-5-2-6-10-18/h1-9,11-13,20,23H,14H2. The van der Waals surface area contributed by atoms with Gasteiger partial charge in [-0.15, -0.1) is 0 Å². The predicted molar refractivity (Wildman–Crippen MR) is 91.1 cm³/mol. The van der Waals surface area contributed by atoms with E-state index in [9.17, 15) is 8.78 Å². The second-order valence-corrected chi connectivity index (χ2v) is 5.20. The van der Waals surface area contributed by atoms with E-state index in [1.165, 1.54) is 0 Å². The molecule has 0 spiro atoms. The molecule has 0 bridgehead atoms. The van der Waals surface area contributed by atoms with Crippen LogP contribution in [0.4, 0.5) is 14.5 Å². The minimum absolute atomic E-state index is 0.174. The zero-order valence-corrected chi connectivity index (χ0v) is 12.9. The smallest absolute Gasteiger partial charge is 0.387 e. The van der Waals surface area contributed by atoms with Gasteiger partial charge in [-0.25, -0.2) is 0 Å². The molecule has 0 amide bonds. The highest BCUT2D eigenvalue weighted by Crippen LogP contribution is 2.28.